The molecule has 0 aliphatic heterocycles. The van der Waals surface area contributed by atoms with E-state index in [1.165, 1.54) is 0 Å². The maximum absolute atomic E-state index is 11.3. The van der Waals surface area contributed by atoms with E-state index in [4.69, 9.17) is 6.42 Å². The maximum atomic E-state index is 11.3. The van der Waals surface area contributed by atoms with Gasteiger partial charge in [0.1, 0.15) is 0 Å². The third-order valence-electron chi connectivity index (χ3n) is 1.70. The highest BCUT2D eigenvalue weighted by molar-refractivity contribution is 5.81. The minimum Gasteiger partial charge on any atom is -0.355 e. The van der Waals surface area contributed by atoms with Gasteiger partial charge in [-0.2, -0.15) is 0 Å². The molecule has 0 aromatic rings. The van der Waals surface area contributed by atoms with E-state index in [9.17, 15) is 4.79 Å². The second kappa shape index (κ2) is 6.50. The summed E-state index contributed by atoms with van der Waals surface area (Å²) in [6.07, 6.45) is 5.79. The minimum absolute atomic E-state index is 0.0198. The summed E-state index contributed by atoms with van der Waals surface area (Å²) in [6, 6.07) is 0.00547. The first-order valence-electron chi connectivity index (χ1n) is 4.59. The molecule has 1 amide bonds. The maximum Gasteiger partial charge on any atom is 0.236 e. The lowest BCUT2D eigenvalue weighted by atomic mass is 10.2. The molecular weight excluding hydrogens is 164 g/mol. The molecule has 0 heterocycles. The summed E-state index contributed by atoms with van der Waals surface area (Å²) in [5.74, 6) is 2.57. The van der Waals surface area contributed by atoms with E-state index in [0.717, 1.165) is 0 Å². The molecular formula is C10H18N2O. The van der Waals surface area contributed by atoms with Crippen LogP contribution in [0.15, 0.2) is 0 Å². The predicted octanol–water partition coefficient (Wildman–Crippen LogP) is 0.512. The molecule has 0 rings (SSSR count). The van der Waals surface area contributed by atoms with Gasteiger partial charge in [0.05, 0.1) is 6.04 Å². The van der Waals surface area contributed by atoms with Crippen LogP contribution in [0.4, 0.5) is 0 Å². The zero-order valence-electron chi connectivity index (χ0n) is 8.55. The molecule has 0 spiro atoms. The summed E-state index contributed by atoms with van der Waals surface area (Å²) in [6.45, 7) is 6.36. The second-order valence-electron chi connectivity index (χ2n) is 3.09. The second-order valence-corrected chi connectivity index (χ2v) is 3.09. The van der Waals surface area contributed by atoms with Crippen molar-refractivity contribution in [1.82, 2.24) is 10.6 Å². The van der Waals surface area contributed by atoms with Crippen LogP contribution >= 0.6 is 0 Å². The van der Waals surface area contributed by atoms with Crippen LogP contribution < -0.4 is 10.6 Å². The Morgan fingerprint density at radius 2 is 2.15 bits per heavy atom. The Morgan fingerprint density at radius 3 is 2.62 bits per heavy atom. The number of rotatable bonds is 5. The van der Waals surface area contributed by atoms with E-state index in [-0.39, 0.29) is 18.0 Å². The number of amides is 1. The molecule has 0 aliphatic rings. The highest BCUT2D eigenvalue weighted by Crippen LogP contribution is 1.91. The van der Waals surface area contributed by atoms with Crippen molar-refractivity contribution in [1.29, 1.82) is 0 Å². The zero-order chi connectivity index (χ0) is 10.3. The van der Waals surface area contributed by atoms with Crippen LogP contribution in [0.3, 0.4) is 0 Å². The number of nitrogens with one attached hydrogen (secondary N) is 2. The number of hydrogen-bond donors (Lipinski definition) is 2. The molecule has 0 fully saturated rings. The lowest BCUT2D eigenvalue weighted by Crippen LogP contribution is -2.45. The monoisotopic (exact) mass is 182 g/mol. The fourth-order valence-corrected chi connectivity index (χ4v) is 1.07. The summed E-state index contributed by atoms with van der Waals surface area (Å²) in [7, 11) is 0. The smallest absolute Gasteiger partial charge is 0.236 e. The fourth-order valence-electron chi connectivity index (χ4n) is 1.07. The first-order valence-corrected chi connectivity index (χ1v) is 4.59. The van der Waals surface area contributed by atoms with Gasteiger partial charge in [-0.05, 0) is 20.8 Å². The Kier molecular flexibility index (Phi) is 5.99. The van der Waals surface area contributed by atoms with Crippen LogP contribution in [-0.2, 0) is 4.79 Å². The van der Waals surface area contributed by atoms with Crippen LogP contribution in [0.2, 0.25) is 0 Å². The Bertz CT molecular complexity index is 196. The standard InChI is InChI=1S/C10H18N2O/c1-5-7-8(3)12-9(4)10(13)11-6-2/h1,8-9,12H,6-7H2,2-4H3,(H,11,13). The summed E-state index contributed by atoms with van der Waals surface area (Å²) in [4.78, 5) is 11.3. The number of carbonyl (C=O) groups is 1. The third-order valence-corrected chi connectivity index (χ3v) is 1.70. The van der Waals surface area contributed by atoms with Crippen LogP contribution in [0.25, 0.3) is 0 Å². The largest absolute Gasteiger partial charge is 0.355 e. The van der Waals surface area contributed by atoms with Gasteiger partial charge in [0, 0.05) is 19.0 Å². The van der Waals surface area contributed by atoms with Gasteiger partial charge >= 0.3 is 0 Å². The van der Waals surface area contributed by atoms with E-state index in [1.54, 1.807) is 0 Å². The van der Waals surface area contributed by atoms with E-state index < -0.39 is 0 Å². The van der Waals surface area contributed by atoms with Crippen LogP contribution in [0, 0.1) is 12.3 Å². The first-order chi connectivity index (χ1) is 6.11. The molecule has 74 valence electrons. The summed E-state index contributed by atoms with van der Waals surface area (Å²) in [5, 5.41) is 5.85. The van der Waals surface area contributed by atoms with Gasteiger partial charge in [0.2, 0.25) is 5.91 Å². The SMILES string of the molecule is C#CCC(C)NC(C)C(=O)NCC. The number of terminal acetylenes is 1. The van der Waals surface area contributed by atoms with Gasteiger partial charge in [-0.25, -0.2) is 0 Å². The highest BCUT2D eigenvalue weighted by atomic mass is 16.2. The zero-order valence-corrected chi connectivity index (χ0v) is 8.55. The number of likely N-dealkylation sites (N-methyl/N-ethyl adjacent to an activating group) is 1. The molecule has 13 heavy (non-hydrogen) atoms. The molecule has 2 unspecified atom stereocenters. The Hall–Kier alpha value is -1.01. The summed E-state index contributed by atoms with van der Waals surface area (Å²) < 4.78 is 0. The minimum atomic E-state index is -0.178. The van der Waals surface area contributed by atoms with Gasteiger partial charge in [-0.15, -0.1) is 12.3 Å². The normalized spacial score (nSPS) is 14.3. The fraction of sp³-hybridized carbons (Fsp3) is 0.700. The number of hydrogen-bond acceptors (Lipinski definition) is 2. The summed E-state index contributed by atoms with van der Waals surface area (Å²) in [5.41, 5.74) is 0. The molecule has 0 aromatic heterocycles. The van der Waals surface area contributed by atoms with E-state index in [0.29, 0.717) is 13.0 Å². The Morgan fingerprint density at radius 1 is 1.54 bits per heavy atom. The van der Waals surface area contributed by atoms with Crippen molar-refractivity contribution < 1.29 is 4.79 Å². The van der Waals surface area contributed by atoms with Crippen molar-refractivity contribution in [3.05, 3.63) is 0 Å². The topological polar surface area (TPSA) is 41.1 Å². The van der Waals surface area contributed by atoms with Gasteiger partial charge in [0.15, 0.2) is 0 Å². The quantitative estimate of drug-likeness (QED) is 0.608. The lowest BCUT2D eigenvalue weighted by Gasteiger charge is -2.17. The lowest BCUT2D eigenvalue weighted by molar-refractivity contribution is -0.122. The highest BCUT2D eigenvalue weighted by Gasteiger charge is 2.13. The van der Waals surface area contributed by atoms with Crippen molar-refractivity contribution in [2.24, 2.45) is 0 Å². The molecule has 3 nitrogen and oxygen atoms in total. The molecule has 0 saturated carbocycles. The van der Waals surface area contributed by atoms with E-state index in [1.807, 2.05) is 20.8 Å². The molecule has 3 heteroatoms. The van der Waals surface area contributed by atoms with Crippen molar-refractivity contribution in [3.63, 3.8) is 0 Å². The molecule has 0 radical (unpaired) electrons. The molecule has 0 bridgehead atoms. The van der Waals surface area contributed by atoms with Gasteiger partial charge < -0.3 is 10.6 Å². The van der Waals surface area contributed by atoms with Gasteiger partial charge in [-0.3, -0.25) is 4.79 Å². The predicted molar refractivity (Wildman–Crippen MR) is 54.2 cm³/mol. The van der Waals surface area contributed by atoms with Crippen molar-refractivity contribution in [2.75, 3.05) is 6.54 Å². The van der Waals surface area contributed by atoms with E-state index in [2.05, 4.69) is 16.6 Å². The molecule has 2 atom stereocenters. The molecule has 0 aromatic carbocycles. The summed E-state index contributed by atoms with van der Waals surface area (Å²) >= 11 is 0. The average molecular weight is 182 g/mol. The van der Waals surface area contributed by atoms with Gasteiger partial charge in [0.25, 0.3) is 0 Å². The van der Waals surface area contributed by atoms with Crippen LogP contribution in [0.5, 0.6) is 0 Å². The van der Waals surface area contributed by atoms with Crippen molar-refractivity contribution in [3.8, 4) is 12.3 Å². The molecule has 2 N–H and O–H groups in total. The first kappa shape index (κ1) is 12.0. The molecule has 0 saturated heterocycles. The number of carbonyl (C=O) groups excluding carboxylic acids is 1. The van der Waals surface area contributed by atoms with Crippen molar-refractivity contribution >= 4 is 5.91 Å². The van der Waals surface area contributed by atoms with Gasteiger partial charge in [-0.1, -0.05) is 0 Å². The van der Waals surface area contributed by atoms with Crippen molar-refractivity contribution in [2.45, 2.75) is 39.3 Å². The Balaban J connectivity index is 3.79. The van der Waals surface area contributed by atoms with E-state index >= 15 is 0 Å². The van der Waals surface area contributed by atoms with Crippen LogP contribution in [-0.4, -0.2) is 24.5 Å². The Labute approximate surface area is 80.3 Å². The average Bonchev–Trinajstić information content (AvgIpc) is 2.05. The van der Waals surface area contributed by atoms with Crippen LogP contribution in [0.1, 0.15) is 27.2 Å². The molecule has 0 aliphatic carbocycles. The third kappa shape index (κ3) is 5.26.